The highest BCUT2D eigenvalue weighted by molar-refractivity contribution is 7.99. The highest BCUT2D eigenvalue weighted by Gasteiger charge is 2.31. The van der Waals surface area contributed by atoms with Gasteiger partial charge in [0.1, 0.15) is 6.61 Å². The van der Waals surface area contributed by atoms with E-state index in [1.54, 1.807) is 0 Å². The molecule has 0 radical (unpaired) electrons. The van der Waals surface area contributed by atoms with Crippen molar-refractivity contribution in [3.63, 3.8) is 0 Å². The zero-order chi connectivity index (χ0) is 23.9. The van der Waals surface area contributed by atoms with Crippen molar-refractivity contribution in [3.05, 3.63) is 59.7 Å². The molecule has 0 unspecified atom stereocenters. The van der Waals surface area contributed by atoms with Gasteiger partial charge in [0, 0.05) is 30.7 Å². The van der Waals surface area contributed by atoms with Crippen LogP contribution in [0.15, 0.2) is 48.5 Å². The van der Waals surface area contributed by atoms with E-state index in [9.17, 15) is 14.4 Å². The van der Waals surface area contributed by atoms with Gasteiger partial charge in [0.25, 0.3) is 0 Å². The van der Waals surface area contributed by atoms with E-state index in [0.717, 1.165) is 19.3 Å². The number of alkyl carbamates (subject to hydrolysis) is 1. The summed E-state index contributed by atoms with van der Waals surface area (Å²) in [7, 11) is 0. The van der Waals surface area contributed by atoms with Crippen molar-refractivity contribution >= 4 is 29.7 Å². The summed E-state index contributed by atoms with van der Waals surface area (Å²) in [5.74, 6) is 0.00783. The zero-order valence-corrected chi connectivity index (χ0v) is 19.8. The second kappa shape index (κ2) is 11.4. The maximum Gasteiger partial charge on any atom is 0.407 e. The summed E-state index contributed by atoms with van der Waals surface area (Å²) in [4.78, 5) is 35.1. The van der Waals surface area contributed by atoms with Crippen molar-refractivity contribution in [2.75, 3.05) is 24.7 Å². The molecule has 3 N–H and O–H groups in total. The number of hydrogen-bond acceptors (Lipinski definition) is 5. The van der Waals surface area contributed by atoms with Crippen LogP contribution < -0.4 is 10.6 Å². The van der Waals surface area contributed by atoms with Crippen molar-refractivity contribution in [3.8, 4) is 11.1 Å². The first-order valence-electron chi connectivity index (χ1n) is 11.7. The van der Waals surface area contributed by atoms with Gasteiger partial charge in [0.2, 0.25) is 5.91 Å². The SMILES string of the molecule is O=C(O)CSCCNC(=O)C[C@H]1CC[C@@H](NC(=O)OCC2c3ccccc3-c3ccccc32)C1. The van der Waals surface area contributed by atoms with Gasteiger partial charge in [-0.05, 0) is 47.4 Å². The van der Waals surface area contributed by atoms with E-state index in [1.165, 1.54) is 34.0 Å². The van der Waals surface area contributed by atoms with Gasteiger partial charge in [-0.15, -0.1) is 11.8 Å². The molecule has 0 heterocycles. The molecule has 0 spiro atoms. The van der Waals surface area contributed by atoms with Gasteiger partial charge in [-0.3, -0.25) is 9.59 Å². The Bertz CT molecular complexity index is 998. The van der Waals surface area contributed by atoms with Gasteiger partial charge in [0.05, 0.1) is 5.75 Å². The van der Waals surface area contributed by atoms with Gasteiger partial charge in [-0.1, -0.05) is 48.5 Å². The van der Waals surface area contributed by atoms with Gasteiger partial charge in [0.15, 0.2) is 0 Å². The quantitative estimate of drug-likeness (QED) is 0.442. The lowest BCUT2D eigenvalue weighted by molar-refractivity contribution is -0.133. The number of benzene rings is 2. The van der Waals surface area contributed by atoms with Crippen molar-refractivity contribution in [1.29, 1.82) is 0 Å². The Labute approximate surface area is 203 Å². The molecule has 7 nitrogen and oxygen atoms in total. The van der Waals surface area contributed by atoms with Crippen LogP contribution in [0.4, 0.5) is 4.79 Å². The number of carbonyl (C=O) groups excluding carboxylic acids is 2. The van der Waals surface area contributed by atoms with Crippen LogP contribution in [0.1, 0.15) is 42.7 Å². The summed E-state index contributed by atoms with van der Waals surface area (Å²) in [6, 6.07) is 16.5. The first kappa shape index (κ1) is 24.1. The summed E-state index contributed by atoms with van der Waals surface area (Å²) in [5.41, 5.74) is 4.77. The van der Waals surface area contributed by atoms with Crippen LogP contribution >= 0.6 is 11.8 Å². The smallest absolute Gasteiger partial charge is 0.407 e. The molecule has 2 aliphatic rings. The molecule has 2 aliphatic carbocycles. The number of hydrogen-bond donors (Lipinski definition) is 3. The Hall–Kier alpha value is -3.00. The number of ether oxygens (including phenoxy) is 1. The topological polar surface area (TPSA) is 105 Å². The molecule has 0 aliphatic heterocycles. The molecule has 2 aromatic carbocycles. The van der Waals surface area contributed by atoms with E-state index in [0.29, 0.717) is 18.7 Å². The second-order valence-corrected chi connectivity index (χ2v) is 9.95. The van der Waals surface area contributed by atoms with E-state index < -0.39 is 12.1 Å². The molecule has 180 valence electrons. The molecule has 2 atom stereocenters. The van der Waals surface area contributed by atoms with Crippen LogP contribution in [-0.2, 0) is 14.3 Å². The Morgan fingerprint density at radius 1 is 1.00 bits per heavy atom. The maximum absolute atomic E-state index is 12.5. The molecule has 4 rings (SSSR count). The minimum Gasteiger partial charge on any atom is -0.481 e. The molecule has 2 amide bonds. The molecule has 2 aromatic rings. The Balaban J connectivity index is 1.19. The molecule has 34 heavy (non-hydrogen) atoms. The Morgan fingerprint density at radius 2 is 1.68 bits per heavy atom. The third-order valence-electron chi connectivity index (χ3n) is 6.48. The van der Waals surface area contributed by atoms with Crippen LogP contribution in [0.5, 0.6) is 0 Å². The second-order valence-electron chi connectivity index (χ2n) is 8.85. The predicted molar refractivity (Wildman–Crippen MR) is 132 cm³/mol. The highest BCUT2D eigenvalue weighted by Crippen LogP contribution is 2.44. The fraction of sp³-hybridized carbons (Fsp3) is 0.423. The van der Waals surface area contributed by atoms with Crippen LogP contribution in [0.2, 0.25) is 0 Å². The van der Waals surface area contributed by atoms with Gasteiger partial charge >= 0.3 is 12.1 Å². The number of aliphatic carboxylic acids is 1. The fourth-order valence-corrected chi connectivity index (χ4v) is 5.52. The van der Waals surface area contributed by atoms with E-state index in [4.69, 9.17) is 9.84 Å². The number of rotatable bonds is 10. The summed E-state index contributed by atoms with van der Waals surface area (Å²) in [6.45, 7) is 0.753. The zero-order valence-electron chi connectivity index (χ0n) is 19.0. The monoisotopic (exact) mass is 482 g/mol. The van der Waals surface area contributed by atoms with Crippen LogP contribution in [-0.4, -0.2) is 53.8 Å². The fourth-order valence-electron chi connectivity index (χ4n) is 4.95. The molecule has 0 bridgehead atoms. The molecule has 0 aromatic heterocycles. The number of carboxylic acids is 1. The first-order valence-corrected chi connectivity index (χ1v) is 12.8. The largest absolute Gasteiger partial charge is 0.481 e. The van der Waals surface area contributed by atoms with Crippen molar-refractivity contribution in [2.45, 2.75) is 37.6 Å². The Morgan fingerprint density at radius 3 is 2.35 bits per heavy atom. The molecule has 0 saturated heterocycles. The van der Waals surface area contributed by atoms with Crippen molar-refractivity contribution in [1.82, 2.24) is 10.6 Å². The minimum atomic E-state index is -0.850. The standard InChI is InChI=1S/C26H30N2O5S/c29-24(27-11-12-34-16-25(30)31)14-17-9-10-18(13-17)28-26(32)33-15-23-21-7-3-1-5-19(21)20-6-2-4-8-22(20)23/h1-8,17-18,23H,9-16H2,(H,27,29)(H,28,32)(H,30,31)/t17-,18+/m0/s1. The number of fused-ring (bicyclic) bond motifs is 3. The first-order chi connectivity index (χ1) is 16.5. The lowest BCUT2D eigenvalue weighted by Gasteiger charge is -2.17. The molecular weight excluding hydrogens is 452 g/mol. The molecule has 8 heteroatoms. The third-order valence-corrected chi connectivity index (χ3v) is 7.42. The average molecular weight is 483 g/mol. The number of carbonyl (C=O) groups is 3. The molecule has 1 saturated carbocycles. The molecule has 1 fully saturated rings. The summed E-state index contributed by atoms with van der Waals surface area (Å²) >= 11 is 1.28. The lowest BCUT2D eigenvalue weighted by atomic mass is 9.98. The maximum atomic E-state index is 12.5. The number of amides is 2. The van der Waals surface area contributed by atoms with Gasteiger partial charge in [-0.2, -0.15) is 0 Å². The minimum absolute atomic E-state index is 0.0135. The normalized spacial score (nSPS) is 18.7. The van der Waals surface area contributed by atoms with E-state index in [1.807, 2.05) is 24.3 Å². The van der Waals surface area contributed by atoms with Gasteiger partial charge in [-0.25, -0.2) is 4.79 Å². The third kappa shape index (κ3) is 6.11. The van der Waals surface area contributed by atoms with Gasteiger partial charge < -0.3 is 20.5 Å². The van der Waals surface area contributed by atoms with E-state index >= 15 is 0 Å². The lowest BCUT2D eigenvalue weighted by Crippen LogP contribution is -2.34. The van der Waals surface area contributed by atoms with Crippen molar-refractivity contribution in [2.24, 2.45) is 5.92 Å². The van der Waals surface area contributed by atoms with E-state index in [2.05, 4.69) is 34.9 Å². The predicted octanol–water partition coefficient (Wildman–Crippen LogP) is 4.02. The molecular formula is C26H30N2O5S. The number of carboxylic acid groups (broad SMARTS) is 1. The van der Waals surface area contributed by atoms with Crippen LogP contribution in [0.25, 0.3) is 11.1 Å². The summed E-state index contributed by atoms with van der Waals surface area (Å²) in [5, 5.41) is 14.4. The highest BCUT2D eigenvalue weighted by atomic mass is 32.2. The number of nitrogens with one attached hydrogen (secondary N) is 2. The Kier molecular flexibility index (Phi) is 8.11. The summed E-state index contributed by atoms with van der Waals surface area (Å²) < 4.78 is 5.64. The summed E-state index contributed by atoms with van der Waals surface area (Å²) in [6.07, 6.45) is 2.48. The van der Waals surface area contributed by atoms with Crippen molar-refractivity contribution < 1.29 is 24.2 Å². The number of thioether (sulfide) groups is 1. The van der Waals surface area contributed by atoms with Crippen LogP contribution in [0.3, 0.4) is 0 Å². The van der Waals surface area contributed by atoms with E-state index in [-0.39, 0.29) is 36.1 Å². The van der Waals surface area contributed by atoms with Crippen LogP contribution in [0, 0.1) is 5.92 Å². The average Bonchev–Trinajstić information content (AvgIpc) is 3.39.